The van der Waals surface area contributed by atoms with E-state index in [1.807, 2.05) is 0 Å². The van der Waals surface area contributed by atoms with Gasteiger partial charge >= 0.3 is 5.97 Å². The SMILES string of the molecule is CCCCCCNC(S)c1nc2ccc(C(=O)O)cc2n1CC(O)CCO. The minimum atomic E-state index is -1.02. The number of aromatic carboxylic acids is 1. The zero-order chi connectivity index (χ0) is 19.8. The molecule has 8 heteroatoms. The lowest BCUT2D eigenvalue weighted by atomic mass is 10.2. The van der Waals surface area contributed by atoms with Crippen LogP contribution in [0.15, 0.2) is 18.2 Å². The van der Waals surface area contributed by atoms with Crippen LogP contribution in [0, 0.1) is 0 Å². The molecular formula is C19H29N3O4S. The smallest absolute Gasteiger partial charge is 0.335 e. The van der Waals surface area contributed by atoms with Gasteiger partial charge in [0.2, 0.25) is 0 Å². The van der Waals surface area contributed by atoms with Gasteiger partial charge in [-0.15, -0.1) is 0 Å². The summed E-state index contributed by atoms with van der Waals surface area (Å²) >= 11 is 4.62. The first-order valence-corrected chi connectivity index (χ1v) is 9.93. The second kappa shape index (κ2) is 10.7. The second-order valence-corrected chi connectivity index (χ2v) is 7.19. The van der Waals surface area contributed by atoms with E-state index >= 15 is 0 Å². The number of unbranched alkanes of at least 4 members (excludes halogenated alkanes) is 3. The van der Waals surface area contributed by atoms with Crippen molar-refractivity contribution in [1.29, 1.82) is 0 Å². The van der Waals surface area contributed by atoms with E-state index in [1.165, 1.54) is 18.9 Å². The predicted octanol–water partition coefficient (Wildman–Crippen LogP) is 2.58. The number of aliphatic hydroxyl groups is 2. The monoisotopic (exact) mass is 395 g/mol. The number of carboxylic acid groups (broad SMARTS) is 1. The Hall–Kier alpha value is -1.61. The lowest BCUT2D eigenvalue weighted by molar-refractivity contribution is 0.0697. The van der Waals surface area contributed by atoms with Crippen molar-refractivity contribution in [2.45, 2.75) is 57.1 Å². The maximum absolute atomic E-state index is 11.3. The summed E-state index contributed by atoms with van der Waals surface area (Å²) in [5, 5.41) is 31.5. The number of benzene rings is 1. The standard InChI is InChI=1S/C19H29N3O4S/c1-2-3-4-5-9-20-18(27)17-21-15-7-6-13(19(25)26)11-16(15)22(17)12-14(24)8-10-23/h6-7,11,14,18,20,23-24,27H,2-5,8-10,12H2,1H3,(H,25,26). The Labute approximate surface area is 164 Å². The first kappa shape index (κ1) is 21.7. The molecule has 0 bridgehead atoms. The van der Waals surface area contributed by atoms with Crippen molar-refractivity contribution in [1.82, 2.24) is 14.9 Å². The molecule has 0 amide bonds. The molecule has 1 heterocycles. The summed E-state index contributed by atoms with van der Waals surface area (Å²) in [6, 6.07) is 4.74. The molecule has 0 aliphatic rings. The molecule has 0 saturated heterocycles. The zero-order valence-electron chi connectivity index (χ0n) is 15.6. The molecule has 4 N–H and O–H groups in total. The van der Waals surface area contributed by atoms with E-state index in [9.17, 15) is 15.0 Å². The molecule has 0 aliphatic heterocycles. The number of thiol groups is 1. The number of fused-ring (bicyclic) bond motifs is 1. The van der Waals surface area contributed by atoms with Crippen LogP contribution < -0.4 is 5.32 Å². The molecule has 1 aromatic heterocycles. The van der Waals surface area contributed by atoms with Crippen molar-refractivity contribution < 1.29 is 20.1 Å². The number of hydrogen-bond donors (Lipinski definition) is 5. The third-order valence-electron chi connectivity index (χ3n) is 4.49. The van der Waals surface area contributed by atoms with Crippen LogP contribution in [0.3, 0.4) is 0 Å². The Morgan fingerprint density at radius 2 is 2.11 bits per heavy atom. The zero-order valence-corrected chi connectivity index (χ0v) is 16.5. The molecule has 0 saturated carbocycles. The average molecular weight is 396 g/mol. The molecule has 1 aromatic carbocycles. The number of rotatable bonds is 12. The van der Waals surface area contributed by atoms with Gasteiger partial charge in [0.1, 0.15) is 11.2 Å². The maximum Gasteiger partial charge on any atom is 0.335 e. The van der Waals surface area contributed by atoms with Gasteiger partial charge in [0.05, 0.1) is 29.2 Å². The van der Waals surface area contributed by atoms with Crippen LogP contribution in [0.1, 0.15) is 60.6 Å². The number of aliphatic hydroxyl groups excluding tert-OH is 2. The molecule has 27 heavy (non-hydrogen) atoms. The molecule has 7 nitrogen and oxygen atoms in total. The molecule has 150 valence electrons. The summed E-state index contributed by atoms with van der Waals surface area (Å²) in [6.45, 7) is 3.06. The molecule has 0 radical (unpaired) electrons. The highest BCUT2D eigenvalue weighted by molar-refractivity contribution is 7.80. The first-order chi connectivity index (χ1) is 13.0. The minimum absolute atomic E-state index is 0.122. The van der Waals surface area contributed by atoms with Gasteiger partial charge < -0.3 is 19.9 Å². The van der Waals surface area contributed by atoms with Gasteiger partial charge in [-0.1, -0.05) is 26.2 Å². The van der Waals surface area contributed by atoms with E-state index in [-0.39, 0.29) is 30.5 Å². The molecule has 0 fully saturated rings. The summed E-state index contributed by atoms with van der Waals surface area (Å²) in [6.07, 6.45) is 4.04. The topological polar surface area (TPSA) is 108 Å². The maximum atomic E-state index is 11.3. The van der Waals surface area contributed by atoms with E-state index in [2.05, 4.69) is 29.9 Å². The van der Waals surface area contributed by atoms with E-state index in [0.29, 0.717) is 16.9 Å². The van der Waals surface area contributed by atoms with Gasteiger partial charge in [0.25, 0.3) is 0 Å². The van der Waals surface area contributed by atoms with Crippen molar-refractivity contribution >= 4 is 29.6 Å². The number of nitrogens with zero attached hydrogens (tertiary/aromatic N) is 2. The largest absolute Gasteiger partial charge is 0.478 e. The second-order valence-electron chi connectivity index (χ2n) is 6.67. The van der Waals surface area contributed by atoms with Crippen molar-refractivity contribution in [3.05, 3.63) is 29.6 Å². The Morgan fingerprint density at radius 1 is 1.33 bits per heavy atom. The summed E-state index contributed by atoms with van der Waals surface area (Å²) in [5.41, 5.74) is 1.45. The van der Waals surface area contributed by atoms with Crippen LogP contribution in [0.25, 0.3) is 11.0 Å². The molecule has 0 aliphatic carbocycles. The third-order valence-corrected chi connectivity index (χ3v) is 4.91. The Balaban J connectivity index is 2.28. The number of imidazole rings is 1. The fourth-order valence-corrected chi connectivity index (χ4v) is 3.33. The highest BCUT2D eigenvalue weighted by atomic mass is 32.1. The molecule has 0 spiro atoms. The van der Waals surface area contributed by atoms with Crippen molar-refractivity contribution in [3.63, 3.8) is 0 Å². The summed E-state index contributed by atoms with van der Waals surface area (Å²) in [5.74, 6) is -0.387. The Bertz CT molecular complexity index is 750. The van der Waals surface area contributed by atoms with E-state index in [0.717, 1.165) is 19.4 Å². The summed E-state index contributed by atoms with van der Waals surface area (Å²) in [7, 11) is 0. The van der Waals surface area contributed by atoms with Crippen molar-refractivity contribution in [2.75, 3.05) is 13.2 Å². The molecule has 2 unspecified atom stereocenters. The minimum Gasteiger partial charge on any atom is -0.478 e. The quantitative estimate of drug-likeness (QED) is 0.215. The number of nitrogens with one attached hydrogen (secondary N) is 1. The van der Waals surface area contributed by atoms with Crippen LogP contribution in [-0.2, 0) is 6.54 Å². The van der Waals surface area contributed by atoms with Crippen molar-refractivity contribution in [2.24, 2.45) is 0 Å². The van der Waals surface area contributed by atoms with E-state index < -0.39 is 12.1 Å². The van der Waals surface area contributed by atoms with Gasteiger partial charge in [0.15, 0.2) is 0 Å². The van der Waals surface area contributed by atoms with Gasteiger partial charge in [-0.25, -0.2) is 9.78 Å². The molecule has 2 atom stereocenters. The van der Waals surface area contributed by atoms with Gasteiger partial charge in [-0.3, -0.25) is 5.32 Å². The Morgan fingerprint density at radius 3 is 2.78 bits per heavy atom. The van der Waals surface area contributed by atoms with Gasteiger partial charge in [-0.2, -0.15) is 12.6 Å². The fraction of sp³-hybridized carbons (Fsp3) is 0.579. The van der Waals surface area contributed by atoms with Crippen molar-refractivity contribution in [3.8, 4) is 0 Å². The van der Waals surface area contributed by atoms with E-state index in [1.54, 1.807) is 16.7 Å². The first-order valence-electron chi connectivity index (χ1n) is 9.41. The fourth-order valence-electron chi connectivity index (χ4n) is 3.01. The van der Waals surface area contributed by atoms with Crippen LogP contribution >= 0.6 is 12.6 Å². The number of carbonyl (C=O) groups is 1. The van der Waals surface area contributed by atoms with Crippen LogP contribution in [-0.4, -0.2) is 50.1 Å². The number of hydrogen-bond acceptors (Lipinski definition) is 6. The molecule has 2 aromatic rings. The summed E-state index contributed by atoms with van der Waals surface area (Å²) < 4.78 is 1.79. The lowest BCUT2D eigenvalue weighted by Crippen LogP contribution is -2.25. The molecular weight excluding hydrogens is 366 g/mol. The lowest BCUT2D eigenvalue weighted by Gasteiger charge is -2.18. The molecule has 2 rings (SSSR count). The summed E-state index contributed by atoms with van der Waals surface area (Å²) in [4.78, 5) is 15.9. The van der Waals surface area contributed by atoms with Gasteiger partial charge in [0, 0.05) is 6.61 Å². The van der Waals surface area contributed by atoms with Crippen LogP contribution in [0.5, 0.6) is 0 Å². The van der Waals surface area contributed by atoms with Crippen LogP contribution in [0.4, 0.5) is 0 Å². The normalized spacial score (nSPS) is 13.8. The third kappa shape index (κ3) is 5.93. The van der Waals surface area contributed by atoms with E-state index in [4.69, 9.17) is 5.11 Å². The number of aromatic nitrogens is 2. The average Bonchev–Trinajstić information content (AvgIpc) is 2.99. The predicted molar refractivity (Wildman–Crippen MR) is 108 cm³/mol. The van der Waals surface area contributed by atoms with Crippen LogP contribution in [0.2, 0.25) is 0 Å². The van der Waals surface area contributed by atoms with Gasteiger partial charge in [-0.05, 0) is 37.6 Å². The number of carboxylic acids is 1. The Kier molecular flexibility index (Phi) is 8.56. The highest BCUT2D eigenvalue weighted by Crippen LogP contribution is 2.25. The highest BCUT2D eigenvalue weighted by Gasteiger charge is 2.20.